The normalized spacial score (nSPS) is 11.4. The third kappa shape index (κ3) is 6.44. The molecule has 0 saturated carbocycles. The van der Waals surface area contributed by atoms with Crippen molar-refractivity contribution in [3.8, 4) is 0 Å². The van der Waals surface area contributed by atoms with Gasteiger partial charge in [0.1, 0.15) is 0 Å². The molecule has 0 N–H and O–H groups in total. The summed E-state index contributed by atoms with van der Waals surface area (Å²) in [6.07, 6.45) is -2.15. The summed E-state index contributed by atoms with van der Waals surface area (Å²) < 4.78 is 46.1. The van der Waals surface area contributed by atoms with E-state index in [0.717, 1.165) is 12.1 Å². The summed E-state index contributed by atoms with van der Waals surface area (Å²) in [4.78, 5) is 25.3. The maximum Gasteiger partial charge on any atom is 0.416 e. The molecule has 0 radical (unpaired) electrons. The minimum atomic E-state index is -4.43. The van der Waals surface area contributed by atoms with Crippen molar-refractivity contribution in [3.63, 3.8) is 0 Å². The van der Waals surface area contributed by atoms with Crippen LogP contribution in [0.15, 0.2) is 66.9 Å². The third-order valence-corrected chi connectivity index (χ3v) is 5.25. The van der Waals surface area contributed by atoms with Gasteiger partial charge in [-0.25, -0.2) is 0 Å². The Kier molecular flexibility index (Phi) is 8.06. The summed E-state index contributed by atoms with van der Waals surface area (Å²) in [5, 5.41) is 11.1. The number of carbonyl (C=O) groups excluding carboxylic acids is 1. The van der Waals surface area contributed by atoms with Gasteiger partial charge in [0.05, 0.1) is 17.0 Å². The third-order valence-electron chi connectivity index (χ3n) is 5.25. The molecule has 3 rings (SSSR count). The number of benzene rings is 2. The molecule has 0 aliphatic rings. The van der Waals surface area contributed by atoms with Crippen LogP contribution in [0, 0.1) is 10.1 Å². The lowest BCUT2D eigenvalue weighted by Gasteiger charge is -2.24. The number of hydrogen-bond acceptors (Lipinski definition) is 4. The van der Waals surface area contributed by atoms with Crippen molar-refractivity contribution in [1.82, 2.24) is 9.47 Å². The minimum Gasteiger partial charge on any atom is -0.385 e. The van der Waals surface area contributed by atoms with Crippen LogP contribution in [0.4, 0.5) is 18.9 Å². The van der Waals surface area contributed by atoms with E-state index < -0.39 is 16.7 Å². The van der Waals surface area contributed by atoms with Crippen molar-refractivity contribution in [2.24, 2.45) is 0 Å². The second-order valence-corrected chi connectivity index (χ2v) is 7.71. The van der Waals surface area contributed by atoms with Crippen LogP contribution < -0.4 is 0 Å². The van der Waals surface area contributed by atoms with Crippen molar-refractivity contribution in [2.75, 3.05) is 20.3 Å². The summed E-state index contributed by atoms with van der Waals surface area (Å²) in [6.45, 7) is 1.13. The summed E-state index contributed by atoms with van der Waals surface area (Å²) in [6, 6.07) is 14.2. The fourth-order valence-corrected chi connectivity index (χ4v) is 3.57. The van der Waals surface area contributed by atoms with Crippen molar-refractivity contribution in [3.05, 3.63) is 99.4 Å². The van der Waals surface area contributed by atoms with Crippen LogP contribution in [0.5, 0.6) is 0 Å². The molecule has 0 unspecified atom stereocenters. The number of alkyl halides is 3. The zero-order valence-corrected chi connectivity index (χ0v) is 18.5. The average Bonchev–Trinajstić information content (AvgIpc) is 3.24. The lowest BCUT2D eigenvalue weighted by molar-refractivity contribution is -0.384. The zero-order valence-electron chi connectivity index (χ0n) is 18.5. The summed E-state index contributed by atoms with van der Waals surface area (Å²) in [5.74, 6) is -0.383. The van der Waals surface area contributed by atoms with Crippen LogP contribution >= 0.6 is 0 Å². The van der Waals surface area contributed by atoms with Gasteiger partial charge >= 0.3 is 6.18 Å². The lowest BCUT2D eigenvalue weighted by atomic mass is 10.1. The van der Waals surface area contributed by atoms with Crippen molar-refractivity contribution < 1.29 is 27.6 Å². The molecule has 0 bridgehead atoms. The number of methoxy groups -OCH3 is 1. The van der Waals surface area contributed by atoms with Gasteiger partial charge in [0.2, 0.25) is 0 Å². The van der Waals surface area contributed by atoms with Gasteiger partial charge in [-0.1, -0.05) is 18.2 Å². The summed E-state index contributed by atoms with van der Waals surface area (Å²) in [5.41, 5.74) is 0.468. The number of rotatable bonds is 10. The van der Waals surface area contributed by atoms with Gasteiger partial charge in [0, 0.05) is 56.4 Å². The van der Waals surface area contributed by atoms with Crippen molar-refractivity contribution >= 4 is 11.6 Å². The molecule has 10 heteroatoms. The van der Waals surface area contributed by atoms with Gasteiger partial charge in [-0.05, 0) is 42.3 Å². The number of nitrogens with zero attached hydrogens (tertiary/aromatic N) is 3. The number of amides is 1. The predicted molar refractivity (Wildman–Crippen MR) is 119 cm³/mol. The standard InChI is InChI=1S/C24H24F3N3O4/c1-34-13-5-12-29(23(31)19-7-3-9-21(15-19)30(32)33)17-22-10-4-11-28(22)16-18-6-2-8-20(14-18)24(25,26)27/h2-4,6-11,14-15H,5,12-13,16-17H2,1H3. The molecule has 0 saturated heterocycles. The maximum absolute atomic E-state index is 13.2. The lowest BCUT2D eigenvalue weighted by Crippen LogP contribution is -2.33. The first-order valence-corrected chi connectivity index (χ1v) is 10.5. The highest BCUT2D eigenvalue weighted by molar-refractivity contribution is 5.94. The molecule has 0 spiro atoms. The molecule has 1 heterocycles. The SMILES string of the molecule is COCCCN(Cc1cccn1Cc1cccc(C(F)(F)F)c1)C(=O)c1cccc([N+](=O)[O-])c1. The highest BCUT2D eigenvalue weighted by atomic mass is 19.4. The van der Waals surface area contributed by atoms with E-state index in [1.54, 1.807) is 41.0 Å². The van der Waals surface area contributed by atoms with E-state index in [4.69, 9.17) is 4.74 Å². The first kappa shape index (κ1) is 25.0. The van der Waals surface area contributed by atoms with E-state index in [-0.39, 0.29) is 30.2 Å². The van der Waals surface area contributed by atoms with E-state index in [9.17, 15) is 28.1 Å². The second-order valence-electron chi connectivity index (χ2n) is 7.71. The minimum absolute atomic E-state index is 0.178. The number of nitro groups is 1. The first-order chi connectivity index (χ1) is 16.2. The average molecular weight is 475 g/mol. The molecule has 180 valence electrons. The maximum atomic E-state index is 13.2. The molecule has 0 aliphatic heterocycles. The Labute approximate surface area is 194 Å². The Morgan fingerprint density at radius 2 is 1.88 bits per heavy atom. The van der Waals surface area contributed by atoms with Gasteiger partial charge in [-0.2, -0.15) is 13.2 Å². The monoisotopic (exact) mass is 475 g/mol. The van der Waals surface area contributed by atoms with Gasteiger partial charge in [0.15, 0.2) is 0 Å². The molecule has 0 fully saturated rings. The molecule has 0 aliphatic carbocycles. The quantitative estimate of drug-likeness (QED) is 0.231. The van der Waals surface area contributed by atoms with Crippen LogP contribution in [0.1, 0.15) is 33.6 Å². The molecule has 1 amide bonds. The van der Waals surface area contributed by atoms with Crippen molar-refractivity contribution in [2.45, 2.75) is 25.7 Å². The van der Waals surface area contributed by atoms with Crippen LogP contribution in [-0.2, 0) is 24.0 Å². The molecule has 3 aromatic rings. The van der Waals surface area contributed by atoms with Crippen molar-refractivity contribution in [1.29, 1.82) is 0 Å². The molecule has 0 atom stereocenters. The topological polar surface area (TPSA) is 77.6 Å². The number of non-ortho nitro benzene ring substituents is 1. The Morgan fingerprint density at radius 3 is 2.59 bits per heavy atom. The summed E-state index contributed by atoms with van der Waals surface area (Å²) >= 11 is 0. The fraction of sp³-hybridized carbons (Fsp3) is 0.292. The Balaban J connectivity index is 1.83. The molecule has 7 nitrogen and oxygen atoms in total. The Bertz CT molecular complexity index is 1140. The number of halogens is 3. The highest BCUT2D eigenvalue weighted by Crippen LogP contribution is 2.29. The number of carbonyl (C=O) groups is 1. The fourth-order valence-electron chi connectivity index (χ4n) is 3.57. The number of ether oxygens (including phenoxy) is 1. The summed E-state index contributed by atoms with van der Waals surface area (Å²) in [7, 11) is 1.55. The molecular formula is C24H24F3N3O4. The van der Waals surface area contributed by atoms with Gasteiger partial charge < -0.3 is 14.2 Å². The highest BCUT2D eigenvalue weighted by Gasteiger charge is 2.30. The predicted octanol–water partition coefficient (Wildman–Crippen LogP) is 5.14. The van der Waals surface area contributed by atoms with E-state index in [1.807, 2.05) is 0 Å². The van der Waals surface area contributed by atoms with Crippen LogP contribution in [0.25, 0.3) is 0 Å². The zero-order chi connectivity index (χ0) is 24.7. The van der Waals surface area contributed by atoms with E-state index >= 15 is 0 Å². The number of aromatic nitrogens is 1. The molecular weight excluding hydrogens is 451 g/mol. The van der Waals surface area contributed by atoms with Gasteiger partial charge in [-0.15, -0.1) is 0 Å². The molecule has 2 aromatic carbocycles. The number of hydrogen-bond donors (Lipinski definition) is 0. The van der Waals surface area contributed by atoms with Gasteiger partial charge in [0.25, 0.3) is 11.6 Å². The molecule has 34 heavy (non-hydrogen) atoms. The first-order valence-electron chi connectivity index (χ1n) is 10.5. The van der Waals surface area contributed by atoms with E-state index in [2.05, 4.69) is 0 Å². The molecule has 1 aromatic heterocycles. The van der Waals surface area contributed by atoms with Crippen LogP contribution in [0.3, 0.4) is 0 Å². The van der Waals surface area contributed by atoms with E-state index in [0.29, 0.717) is 30.8 Å². The Hall–Kier alpha value is -3.66. The smallest absolute Gasteiger partial charge is 0.385 e. The second kappa shape index (κ2) is 11.0. The number of nitro benzene ring substituents is 1. The Morgan fingerprint density at radius 1 is 1.12 bits per heavy atom. The van der Waals surface area contributed by atoms with Crippen LogP contribution in [-0.4, -0.2) is 40.6 Å². The van der Waals surface area contributed by atoms with Gasteiger partial charge in [-0.3, -0.25) is 14.9 Å². The van der Waals surface area contributed by atoms with E-state index in [1.165, 1.54) is 30.3 Å². The largest absolute Gasteiger partial charge is 0.416 e. The van der Waals surface area contributed by atoms with Crippen LogP contribution in [0.2, 0.25) is 0 Å².